The highest BCUT2D eigenvalue weighted by Gasteiger charge is 2.12. The second-order valence-corrected chi connectivity index (χ2v) is 6.18. The molecule has 1 aromatic carbocycles. The zero-order chi connectivity index (χ0) is 17.0. The van der Waals surface area contributed by atoms with Crippen molar-refractivity contribution in [3.8, 4) is 5.75 Å². The lowest BCUT2D eigenvalue weighted by molar-refractivity contribution is -0.123. The Bertz CT molecular complexity index is 746. The molecule has 2 rings (SSSR count). The van der Waals surface area contributed by atoms with Crippen molar-refractivity contribution >= 4 is 39.3 Å². The van der Waals surface area contributed by atoms with Crippen molar-refractivity contribution in [2.45, 2.75) is 6.92 Å². The molecular formula is C15H15BrClN3O3. The van der Waals surface area contributed by atoms with E-state index in [1.54, 1.807) is 42.1 Å². The van der Waals surface area contributed by atoms with Crippen LogP contribution in [-0.4, -0.2) is 23.0 Å². The third-order valence-electron chi connectivity index (χ3n) is 3.02. The van der Waals surface area contributed by atoms with Crippen molar-refractivity contribution in [3.63, 3.8) is 0 Å². The first kappa shape index (κ1) is 17.4. The first-order chi connectivity index (χ1) is 10.9. The molecule has 2 N–H and O–H groups in total. The van der Waals surface area contributed by atoms with Crippen LogP contribution < -0.4 is 15.6 Å². The van der Waals surface area contributed by atoms with Gasteiger partial charge in [-0.15, -0.1) is 0 Å². The van der Waals surface area contributed by atoms with Crippen molar-refractivity contribution in [1.82, 2.24) is 15.4 Å². The van der Waals surface area contributed by atoms with Crippen LogP contribution in [0.2, 0.25) is 5.02 Å². The fraction of sp³-hybridized carbons (Fsp3) is 0.200. The van der Waals surface area contributed by atoms with E-state index in [2.05, 4.69) is 26.8 Å². The fourth-order valence-electron chi connectivity index (χ4n) is 1.83. The van der Waals surface area contributed by atoms with Crippen LogP contribution in [0.5, 0.6) is 5.75 Å². The minimum atomic E-state index is -0.473. The number of halogens is 2. The van der Waals surface area contributed by atoms with Gasteiger partial charge in [0.15, 0.2) is 6.61 Å². The summed E-state index contributed by atoms with van der Waals surface area (Å²) in [4.78, 5) is 23.6. The maximum atomic E-state index is 11.9. The molecule has 0 fully saturated rings. The number of carbonyl (C=O) groups excluding carboxylic acids is 2. The number of benzene rings is 1. The Hall–Kier alpha value is -1.99. The van der Waals surface area contributed by atoms with Gasteiger partial charge in [0, 0.05) is 22.7 Å². The standard InChI is InChI=1S/C15H15BrClN3O3/c1-9-5-11(3-4-12(9)17)23-8-14(21)18-19-15(22)13-6-10(16)7-20(13)2/h3-7H,8H2,1-2H3,(H,18,21)(H,19,22). The summed E-state index contributed by atoms with van der Waals surface area (Å²) in [7, 11) is 1.73. The molecule has 0 saturated heterocycles. The molecular weight excluding hydrogens is 386 g/mol. The quantitative estimate of drug-likeness (QED) is 0.775. The van der Waals surface area contributed by atoms with E-state index in [-0.39, 0.29) is 6.61 Å². The predicted octanol–water partition coefficient (Wildman–Crippen LogP) is 2.59. The average Bonchev–Trinajstić information content (AvgIpc) is 2.84. The highest BCUT2D eigenvalue weighted by molar-refractivity contribution is 9.10. The maximum absolute atomic E-state index is 11.9. The Morgan fingerprint density at radius 3 is 2.65 bits per heavy atom. The molecule has 0 aliphatic rings. The van der Waals surface area contributed by atoms with E-state index in [1.165, 1.54) is 0 Å². The second kappa shape index (κ2) is 7.52. The number of hydrogen-bond acceptors (Lipinski definition) is 3. The number of hydrogen-bond donors (Lipinski definition) is 2. The summed E-state index contributed by atoms with van der Waals surface area (Å²) in [5.41, 5.74) is 5.89. The number of nitrogens with zero attached hydrogens (tertiary/aromatic N) is 1. The summed E-state index contributed by atoms with van der Waals surface area (Å²) >= 11 is 9.19. The van der Waals surface area contributed by atoms with Gasteiger partial charge in [0.25, 0.3) is 11.8 Å². The number of hydrazine groups is 1. The van der Waals surface area contributed by atoms with Crippen LogP contribution in [0, 0.1) is 6.92 Å². The molecule has 23 heavy (non-hydrogen) atoms. The molecule has 6 nitrogen and oxygen atoms in total. The highest BCUT2D eigenvalue weighted by Crippen LogP contribution is 2.20. The molecule has 0 spiro atoms. The van der Waals surface area contributed by atoms with E-state index >= 15 is 0 Å². The Labute approximate surface area is 146 Å². The molecule has 8 heteroatoms. The summed E-state index contributed by atoms with van der Waals surface area (Å²) in [5.74, 6) is -0.368. The largest absolute Gasteiger partial charge is 0.484 e. The Balaban J connectivity index is 1.82. The number of rotatable bonds is 4. The van der Waals surface area contributed by atoms with Gasteiger partial charge in [-0.2, -0.15) is 0 Å². The van der Waals surface area contributed by atoms with Crippen LogP contribution in [0.3, 0.4) is 0 Å². The summed E-state index contributed by atoms with van der Waals surface area (Å²) in [6.45, 7) is 1.62. The lowest BCUT2D eigenvalue weighted by Crippen LogP contribution is -2.44. The minimum absolute atomic E-state index is 0.224. The Morgan fingerprint density at radius 2 is 2.04 bits per heavy atom. The van der Waals surface area contributed by atoms with Crippen LogP contribution >= 0.6 is 27.5 Å². The van der Waals surface area contributed by atoms with Gasteiger partial charge in [0.1, 0.15) is 11.4 Å². The number of amides is 2. The van der Waals surface area contributed by atoms with Gasteiger partial charge < -0.3 is 9.30 Å². The summed E-state index contributed by atoms with van der Waals surface area (Å²) in [6, 6.07) is 6.74. The molecule has 1 aromatic heterocycles. The third-order valence-corrected chi connectivity index (χ3v) is 3.88. The zero-order valence-electron chi connectivity index (χ0n) is 12.5. The van der Waals surface area contributed by atoms with Gasteiger partial charge in [-0.25, -0.2) is 0 Å². The molecule has 0 saturated carbocycles. The Morgan fingerprint density at radius 1 is 1.30 bits per heavy atom. The molecule has 0 aliphatic heterocycles. The van der Waals surface area contributed by atoms with E-state index in [4.69, 9.17) is 16.3 Å². The van der Waals surface area contributed by atoms with Crippen LogP contribution in [-0.2, 0) is 11.8 Å². The van der Waals surface area contributed by atoms with Gasteiger partial charge in [-0.05, 0) is 52.7 Å². The SMILES string of the molecule is Cc1cc(OCC(=O)NNC(=O)c2cc(Br)cn2C)ccc1Cl. The topological polar surface area (TPSA) is 72.4 Å². The van der Waals surface area contributed by atoms with Crippen molar-refractivity contribution < 1.29 is 14.3 Å². The molecule has 2 aromatic rings. The Kier molecular flexibility index (Phi) is 5.68. The van der Waals surface area contributed by atoms with Crippen molar-refractivity contribution in [2.75, 3.05) is 6.61 Å². The van der Waals surface area contributed by atoms with Crippen LogP contribution in [0.4, 0.5) is 0 Å². The minimum Gasteiger partial charge on any atom is -0.484 e. The molecule has 0 unspecified atom stereocenters. The van der Waals surface area contributed by atoms with E-state index in [1.807, 2.05) is 6.92 Å². The molecule has 0 aliphatic carbocycles. The van der Waals surface area contributed by atoms with Crippen molar-refractivity contribution in [3.05, 3.63) is 51.2 Å². The van der Waals surface area contributed by atoms with E-state index < -0.39 is 11.8 Å². The average molecular weight is 401 g/mol. The van der Waals surface area contributed by atoms with Gasteiger partial charge >= 0.3 is 0 Å². The molecule has 0 atom stereocenters. The lowest BCUT2D eigenvalue weighted by Gasteiger charge is -2.10. The zero-order valence-corrected chi connectivity index (χ0v) is 14.9. The predicted molar refractivity (Wildman–Crippen MR) is 90.4 cm³/mol. The summed E-state index contributed by atoms with van der Waals surface area (Å²) in [5, 5.41) is 0.628. The first-order valence-electron chi connectivity index (χ1n) is 6.67. The molecule has 0 radical (unpaired) electrons. The van der Waals surface area contributed by atoms with Gasteiger partial charge in [-0.1, -0.05) is 11.6 Å². The first-order valence-corrected chi connectivity index (χ1v) is 7.84. The molecule has 122 valence electrons. The van der Waals surface area contributed by atoms with Crippen LogP contribution in [0.15, 0.2) is 34.9 Å². The van der Waals surface area contributed by atoms with E-state index in [0.29, 0.717) is 16.5 Å². The van der Waals surface area contributed by atoms with Gasteiger partial charge in [0.2, 0.25) is 0 Å². The number of carbonyl (C=O) groups is 2. The van der Waals surface area contributed by atoms with E-state index in [0.717, 1.165) is 10.0 Å². The highest BCUT2D eigenvalue weighted by atomic mass is 79.9. The smallest absolute Gasteiger partial charge is 0.286 e. The third kappa shape index (κ3) is 4.74. The van der Waals surface area contributed by atoms with E-state index in [9.17, 15) is 9.59 Å². The normalized spacial score (nSPS) is 10.3. The summed E-state index contributed by atoms with van der Waals surface area (Å²) < 4.78 is 7.75. The fourth-order valence-corrected chi connectivity index (χ4v) is 2.47. The lowest BCUT2D eigenvalue weighted by atomic mass is 10.2. The van der Waals surface area contributed by atoms with Crippen LogP contribution in [0.1, 0.15) is 16.1 Å². The monoisotopic (exact) mass is 399 g/mol. The van der Waals surface area contributed by atoms with Gasteiger partial charge in [0.05, 0.1) is 0 Å². The number of nitrogens with one attached hydrogen (secondary N) is 2. The maximum Gasteiger partial charge on any atom is 0.286 e. The number of aryl methyl sites for hydroxylation is 2. The van der Waals surface area contributed by atoms with Crippen molar-refractivity contribution in [2.24, 2.45) is 7.05 Å². The summed E-state index contributed by atoms with van der Waals surface area (Å²) in [6.07, 6.45) is 1.74. The number of ether oxygens (including phenoxy) is 1. The van der Waals surface area contributed by atoms with Crippen LogP contribution in [0.25, 0.3) is 0 Å². The second-order valence-electron chi connectivity index (χ2n) is 4.86. The molecule has 1 heterocycles. The molecule has 2 amide bonds. The molecule has 0 bridgehead atoms. The number of aromatic nitrogens is 1. The van der Waals surface area contributed by atoms with Gasteiger partial charge in [-0.3, -0.25) is 20.4 Å². The van der Waals surface area contributed by atoms with Crippen molar-refractivity contribution in [1.29, 1.82) is 0 Å².